The molecule has 0 rings (SSSR count). The smallest absolute Gasteiger partial charge is 0.273 e. The van der Waals surface area contributed by atoms with Crippen molar-refractivity contribution in [3.8, 4) is 0 Å². The minimum atomic E-state index is -0.157. The molecule has 0 aliphatic rings. The van der Waals surface area contributed by atoms with Gasteiger partial charge in [-0.15, -0.1) is 0 Å². The van der Waals surface area contributed by atoms with Gasteiger partial charge in [-0.1, -0.05) is 0 Å². The van der Waals surface area contributed by atoms with E-state index in [9.17, 15) is 0 Å². The Balaban J connectivity index is 3.56. The largest absolute Gasteiger partial charge is 0.481 e. The highest BCUT2D eigenvalue weighted by atomic mass is 16.6. The van der Waals surface area contributed by atoms with Crippen molar-refractivity contribution in [2.24, 2.45) is 5.73 Å². The van der Waals surface area contributed by atoms with Crippen molar-refractivity contribution in [3.05, 3.63) is 12.0 Å². The predicted octanol–water partition coefficient (Wildman–Crippen LogP) is 0.379. The van der Waals surface area contributed by atoms with Gasteiger partial charge in [0.05, 0.1) is 7.11 Å². The van der Waals surface area contributed by atoms with E-state index >= 15 is 0 Å². The fraction of sp³-hybridized carbons (Fsp3) is 0.600. The second kappa shape index (κ2) is 3.32. The van der Waals surface area contributed by atoms with Gasteiger partial charge >= 0.3 is 0 Å². The lowest BCUT2D eigenvalue weighted by Gasteiger charge is -1.97. The zero-order valence-electron chi connectivity index (χ0n) is 5.09. The predicted molar refractivity (Wildman–Crippen MR) is 31.4 cm³/mol. The number of hydrogen-bond donors (Lipinski definition) is 2. The molecule has 0 saturated heterocycles. The molecule has 0 amide bonds. The Morgan fingerprint density at radius 1 is 1.88 bits per heavy atom. The maximum atomic E-state index is 8.59. The van der Waals surface area contributed by atoms with Crippen LogP contribution in [0, 0.1) is 0 Å². The van der Waals surface area contributed by atoms with E-state index in [-0.39, 0.29) is 12.0 Å². The van der Waals surface area contributed by atoms with Crippen molar-refractivity contribution in [1.29, 1.82) is 0 Å². The molecule has 0 aromatic heterocycles. The molecular weight excluding hydrogens is 106 g/mol. The lowest BCUT2D eigenvalue weighted by atomic mass is 10.4. The summed E-state index contributed by atoms with van der Waals surface area (Å²) in [4.78, 5) is 0. The average Bonchev–Trinajstić information content (AvgIpc) is 1.65. The molecule has 0 fully saturated rings. The Morgan fingerprint density at radius 2 is 2.38 bits per heavy atom. The molecule has 0 unspecified atom stereocenters. The average molecular weight is 117 g/mol. The van der Waals surface area contributed by atoms with Crippen molar-refractivity contribution >= 4 is 0 Å². The quantitative estimate of drug-likeness (QED) is 0.514. The van der Waals surface area contributed by atoms with E-state index in [1.165, 1.54) is 13.2 Å². The lowest BCUT2D eigenvalue weighted by molar-refractivity contribution is 0.134. The van der Waals surface area contributed by atoms with E-state index in [1.54, 1.807) is 6.92 Å². The molecule has 0 aliphatic carbocycles. The summed E-state index contributed by atoms with van der Waals surface area (Å²) >= 11 is 0. The van der Waals surface area contributed by atoms with Crippen LogP contribution in [0.3, 0.4) is 0 Å². The van der Waals surface area contributed by atoms with Crippen LogP contribution in [-0.2, 0) is 4.74 Å². The molecule has 0 saturated carbocycles. The fourth-order valence-electron chi connectivity index (χ4n) is 0.293. The Kier molecular flexibility index (Phi) is 3.03. The molecule has 1 atom stereocenters. The number of aliphatic hydroxyl groups is 1. The molecule has 48 valence electrons. The summed E-state index contributed by atoms with van der Waals surface area (Å²) in [5.74, 6) is -0.125. The van der Waals surface area contributed by atoms with Gasteiger partial charge in [0.25, 0.3) is 5.95 Å². The summed E-state index contributed by atoms with van der Waals surface area (Å²) in [5, 5.41) is 8.59. The minimum Gasteiger partial charge on any atom is -0.481 e. The topological polar surface area (TPSA) is 55.5 Å². The van der Waals surface area contributed by atoms with Gasteiger partial charge in [-0.05, 0) is 6.92 Å². The fourth-order valence-corrected chi connectivity index (χ4v) is 0.293. The van der Waals surface area contributed by atoms with Gasteiger partial charge in [0, 0.05) is 12.1 Å². The number of aliphatic hydroxyl groups excluding tert-OH is 1. The number of ether oxygens (including phenoxy) is 1. The first-order valence-corrected chi connectivity index (χ1v) is 2.37. The summed E-state index contributed by atoms with van der Waals surface area (Å²) in [6.07, 6.45) is 1.42. The molecule has 0 bridgehead atoms. The molecule has 0 aliphatic heterocycles. The summed E-state index contributed by atoms with van der Waals surface area (Å²) in [5.41, 5.74) is 5.25. The Morgan fingerprint density at radius 3 is 2.50 bits per heavy atom. The first kappa shape index (κ1) is 7.30. The van der Waals surface area contributed by atoms with Gasteiger partial charge < -0.3 is 15.6 Å². The number of hydrogen-bond acceptors (Lipinski definition) is 3. The molecule has 0 heterocycles. The maximum Gasteiger partial charge on any atom is 0.273 e. The van der Waals surface area contributed by atoms with Crippen molar-refractivity contribution in [1.82, 2.24) is 0 Å². The SMILES string of the molecule is CO/C(O)=C\[C@H](C)N. The zero-order valence-corrected chi connectivity index (χ0v) is 5.09. The first-order chi connectivity index (χ1) is 3.66. The van der Waals surface area contributed by atoms with Crippen LogP contribution in [0.15, 0.2) is 12.0 Å². The highest BCUT2D eigenvalue weighted by Gasteiger charge is 1.90. The van der Waals surface area contributed by atoms with Crippen LogP contribution in [0.2, 0.25) is 0 Å². The Hall–Kier alpha value is -0.700. The molecule has 0 spiro atoms. The van der Waals surface area contributed by atoms with Crippen LogP contribution >= 0.6 is 0 Å². The standard InChI is InChI=1S/C5H11NO2/c1-4(6)3-5(7)8-2/h3-4,7H,6H2,1-2H3/b5-3-/t4-/m0/s1. The number of methoxy groups -OCH3 is 1. The molecule has 0 radical (unpaired) electrons. The van der Waals surface area contributed by atoms with Crippen LogP contribution in [0.5, 0.6) is 0 Å². The van der Waals surface area contributed by atoms with Crippen LogP contribution in [-0.4, -0.2) is 18.3 Å². The summed E-state index contributed by atoms with van der Waals surface area (Å²) in [6, 6.07) is -0.157. The zero-order chi connectivity index (χ0) is 6.57. The van der Waals surface area contributed by atoms with E-state index in [1.807, 2.05) is 0 Å². The van der Waals surface area contributed by atoms with Gasteiger partial charge in [0.1, 0.15) is 0 Å². The van der Waals surface area contributed by atoms with Gasteiger partial charge in [-0.25, -0.2) is 0 Å². The second-order valence-electron chi connectivity index (χ2n) is 1.57. The van der Waals surface area contributed by atoms with Gasteiger partial charge in [0.2, 0.25) is 0 Å². The Labute approximate surface area is 48.8 Å². The third kappa shape index (κ3) is 3.49. The summed E-state index contributed by atoms with van der Waals surface area (Å²) in [6.45, 7) is 1.75. The monoisotopic (exact) mass is 117 g/mol. The van der Waals surface area contributed by atoms with Crippen molar-refractivity contribution in [3.63, 3.8) is 0 Å². The Bertz CT molecular complexity index is 88.4. The third-order valence-corrected chi connectivity index (χ3v) is 0.615. The van der Waals surface area contributed by atoms with Crippen LogP contribution < -0.4 is 5.73 Å². The van der Waals surface area contributed by atoms with Crippen LogP contribution in [0.1, 0.15) is 6.92 Å². The molecule has 3 N–H and O–H groups in total. The van der Waals surface area contributed by atoms with E-state index < -0.39 is 0 Å². The van der Waals surface area contributed by atoms with E-state index in [0.29, 0.717) is 0 Å². The number of nitrogens with two attached hydrogens (primary N) is 1. The van der Waals surface area contributed by atoms with Crippen molar-refractivity contribution in [2.75, 3.05) is 7.11 Å². The van der Waals surface area contributed by atoms with Crippen molar-refractivity contribution < 1.29 is 9.84 Å². The highest BCUT2D eigenvalue weighted by molar-refractivity contribution is 4.88. The van der Waals surface area contributed by atoms with Crippen molar-refractivity contribution in [2.45, 2.75) is 13.0 Å². The maximum absolute atomic E-state index is 8.59. The molecule has 0 aromatic rings. The van der Waals surface area contributed by atoms with E-state index in [4.69, 9.17) is 10.8 Å². The van der Waals surface area contributed by atoms with Crippen LogP contribution in [0.4, 0.5) is 0 Å². The van der Waals surface area contributed by atoms with Gasteiger partial charge in [-0.2, -0.15) is 0 Å². The minimum absolute atomic E-state index is 0.125. The molecular formula is C5H11NO2. The van der Waals surface area contributed by atoms with Gasteiger partial charge in [-0.3, -0.25) is 0 Å². The molecule has 8 heavy (non-hydrogen) atoms. The second-order valence-corrected chi connectivity index (χ2v) is 1.57. The van der Waals surface area contributed by atoms with Gasteiger partial charge in [0.15, 0.2) is 0 Å². The summed E-state index contributed by atoms with van der Waals surface area (Å²) in [7, 11) is 1.38. The molecule has 3 nitrogen and oxygen atoms in total. The molecule has 3 heteroatoms. The van der Waals surface area contributed by atoms with E-state index in [2.05, 4.69) is 4.74 Å². The third-order valence-electron chi connectivity index (χ3n) is 0.615. The summed E-state index contributed by atoms with van der Waals surface area (Å²) < 4.78 is 4.40. The highest BCUT2D eigenvalue weighted by Crippen LogP contribution is 1.88. The van der Waals surface area contributed by atoms with E-state index in [0.717, 1.165) is 0 Å². The van der Waals surface area contributed by atoms with Crippen LogP contribution in [0.25, 0.3) is 0 Å². The lowest BCUT2D eigenvalue weighted by Crippen LogP contribution is -2.11. The number of rotatable bonds is 2. The normalized spacial score (nSPS) is 15.6. The molecule has 0 aromatic carbocycles. The first-order valence-electron chi connectivity index (χ1n) is 2.37.